The first-order valence-corrected chi connectivity index (χ1v) is 6.64. The molecule has 1 saturated heterocycles. The molecule has 1 amide bonds. The Labute approximate surface area is 103 Å². The molecule has 2 heterocycles. The normalized spacial score (nSPS) is 23.3. The lowest BCUT2D eigenvalue weighted by molar-refractivity contribution is -0.133. The van der Waals surface area contributed by atoms with Gasteiger partial charge in [0.25, 0.3) is 5.91 Å². The van der Waals surface area contributed by atoms with E-state index in [2.05, 4.69) is 6.92 Å². The van der Waals surface area contributed by atoms with Crippen LogP contribution >= 0.6 is 0 Å². The molecule has 0 bridgehead atoms. The Balaban J connectivity index is 2.05. The maximum Gasteiger partial charge on any atom is 0.255 e. The van der Waals surface area contributed by atoms with Gasteiger partial charge in [-0.25, -0.2) is 0 Å². The van der Waals surface area contributed by atoms with Gasteiger partial charge in [-0.15, -0.1) is 0 Å². The van der Waals surface area contributed by atoms with Crippen molar-refractivity contribution in [1.82, 2.24) is 4.90 Å². The fourth-order valence-corrected chi connectivity index (χ4v) is 2.59. The second-order valence-corrected chi connectivity index (χ2v) is 4.99. The summed E-state index contributed by atoms with van der Waals surface area (Å²) in [6.45, 7) is 3.50. The third kappa shape index (κ3) is 2.37. The summed E-state index contributed by atoms with van der Waals surface area (Å²) in [5.41, 5.74) is -0.478. The highest BCUT2D eigenvalue weighted by Gasteiger charge is 2.47. The Hall–Kier alpha value is -0.900. The van der Waals surface area contributed by atoms with Crippen molar-refractivity contribution >= 4 is 11.7 Å². The molecule has 4 heteroatoms. The van der Waals surface area contributed by atoms with Crippen molar-refractivity contribution in [1.29, 1.82) is 0 Å². The van der Waals surface area contributed by atoms with E-state index in [1.807, 2.05) is 7.05 Å². The molecular weight excluding hydrogens is 216 g/mol. The molecule has 0 radical (unpaired) electrons. The number of amidine groups is 1. The van der Waals surface area contributed by atoms with Gasteiger partial charge in [0.15, 0.2) is 0 Å². The van der Waals surface area contributed by atoms with Gasteiger partial charge in [-0.1, -0.05) is 19.8 Å². The first-order valence-electron chi connectivity index (χ1n) is 6.64. The number of ether oxygens (including phenoxy) is 1. The van der Waals surface area contributed by atoms with Crippen LogP contribution in [0.1, 0.15) is 45.4 Å². The molecule has 0 unspecified atom stereocenters. The minimum absolute atomic E-state index is 0.173. The van der Waals surface area contributed by atoms with Gasteiger partial charge in [0.1, 0.15) is 11.4 Å². The minimum Gasteiger partial charge on any atom is -0.381 e. The van der Waals surface area contributed by atoms with Crippen LogP contribution in [0.3, 0.4) is 0 Å². The van der Waals surface area contributed by atoms with Crippen molar-refractivity contribution in [3.05, 3.63) is 0 Å². The molecule has 0 aliphatic carbocycles. The summed E-state index contributed by atoms with van der Waals surface area (Å²) in [5, 5.41) is 0. The van der Waals surface area contributed by atoms with E-state index in [9.17, 15) is 4.79 Å². The third-order valence-corrected chi connectivity index (χ3v) is 3.76. The molecular formula is C13H22N2O2. The number of unbranched alkanes of at least 4 members (excludes halogenated alkanes) is 2. The smallest absolute Gasteiger partial charge is 0.255 e. The molecule has 2 aliphatic heterocycles. The summed E-state index contributed by atoms with van der Waals surface area (Å²) in [6, 6.07) is 0. The minimum atomic E-state index is -0.478. The van der Waals surface area contributed by atoms with E-state index in [1.54, 1.807) is 4.90 Å². The van der Waals surface area contributed by atoms with Gasteiger partial charge in [-0.3, -0.25) is 9.79 Å². The zero-order chi connectivity index (χ0) is 12.3. The van der Waals surface area contributed by atoms with Crippen molar-refractivity contribution in [2.45, 2.75) is 51.0 Å². The maximum absolute atomic E-state index is 12.3. The van der Waals surface area contributed by atoms with Gasteiger partial charge in [-0.2, -0.15) is 0 Å². The van der Waals surface area contributed by atoms with Crippen molar-refractivity contribution in [3.8, 4) is 0 Å². The van der Waals surface area contributed by atoms with Gasteiger partial charge >= 0.3 is 0 Å². The summed E-state index contributed by atoms with van der Waals surface area (Å²) >= 11 is 0. The van der Waals surface area contributed by atoms with Crippen LogP contribution in [0.25, 0.3) is 0 Å². The van der Waals surface area contributed by atoms with Crippen molar-refractivity contribution < 1.29 is 9.53 Å². The zero-order valence-corrected chi connectivity index (χ0v) is 10.9. The highest BCUT2D eigenvalue weighted by atomic mass is 16.5. The van der Waals surface area contributed by atoms with E-state index in [-0.39, 0.29) is 5.91 Å². The van der Waals surface area contributed by atoms with E-state index >= 15 is 0 Å². The summed E-state index contributed by atoms with van der Waals surface area (Å²) in [5.74, 6) is 1.15. The van der Waals surface area contributed by atoms with Crippen LogP contribution in [0.2, 0.25) is 0 Å². The topological polar surface area (TPSA) is 41.9 Å². The standard InChI is InChI=1S/C13H22N2O2/c1-3-4-5-6-11-14-13(12(16)15(11)2)7-9-17-10-8-13/h3-10H2,1-2H3. The Morgan fingerprint density at radius 3 is 2.71 bits per heavy atom. The van der Waals surface area contributed by atoms with Crippen molar-refractivity contribution in [2.24, 2.45) is 4.99 Å². The van der Waals surface area contributed by atoms with Crippen LogP contribution in [0.4, 0.5) is 0 Å². The molecule has 17 heavy (non-hydrogen) atoms. The molecule has 0 aromatic rings. The van der Waals surface area contributed by atoms with Crippen LogP contribution < -0.4 is 0 Å². The van der Waals surface area contributed by atoms with Gasteiger partial charge in [-0.05, 0) is 6.42 Å². The third-order valence-electron chi connectivity index (χ3n) is 3.76. The number of rotatable bonds is 4. The number of hydrogen-bond acceptors (Lipinski definition) is 3. The average molecular weight is 238 g/mol. The Kier molecular flexibility index (Phi) is 3.82. The molecule has 0 atom stereocenters. The summed E-state index contributed by atoms with van der Waals surface area (Å²) < 4.78 is 5.33. The Morgan fingerprint density at radius 1 is 1.35 bits per heavy atom. The number of likely N-dealkylation sites (N-methyl/N-ethyl adjacent to an activating group) is 1. The van der Waals surface area contributed by atoms with Crippen LogP contribution in [-0.2, 0) is 9.53 Å². The van der Waals surface area contributed by atoms with Gasteiger partial charge in [0.05, 0.1) is 0 Å². The second kappa shape index (κ2) is 5.17. The molecule has 0 aromatic heterocycles. The Bertz CT molecular complexity index is 319. The van der Waals surface area contributed by atoms with Crippen LogP contribution in [-0.4, -0.2) is 42.4 Å². The first-order chi connectivity index (χ1) is 8.19. The maximum atomic E-state index is 12.3. The number of carbonyl (C=O) groups excluding carboxylic acids is 1. The van der Waals surface area contributed by atoms with Gasteiger partial charge in [0.2, 0.25) is 0 Å². The lowest BCUT2D eigenvalue weighted by atomic mass is 9.90. The molecule has 1 fully saturated rings. The first kappa shape index (κ1) is 12.6. The van der Waals surface area contributed by atoms with E-state index in [0.29, 0.717) is 13.2 Å². The largest absolute Gasteiger partial charge is 0.381 e. The van der Waals surface area contributed by atoms with Crippen molar-refractivity contribution in [2.75, 3.05) is 20.3 Å². The quantitative estimate of drug-likeness (QED) is 0.703. The van der Waals surface area contributed by atoms with Crippen LogP contribution in [0.5, 0.6) is 0 Å². The van der Waals surface area contributed by atoms with Crippen LogP contribution in [0, 0.1) is 0 Å². The number of aliphatic imine (C=N–C) groups is 1. The highest BCUT2D eigenvalue weighted by molar-refractivity contribution is 6.08. The monoisotopic (exact) mass is 238 g/mol. The Morgan fingerprint density at radius 2 is 2.06 bits per heavy atom. The SMILES string of the molecule is CCCCCC1=NC2(CCOCC2)C(=O)N1C. The van der Waals surface area contributed by atoms with Crippen molar-refractivity contribution in [3.63, 3.8) is 0 Å². The van der Waals surface area contributed by atoms with Gasteiger partial charge in [0, 0.05) is 39.5 Å². The molecule has 0 aromatic carbocycles. The van der Waals surface area contributed by atoms with Gasteiger partial charge < -0.3 is 9.64 Å². The highest BCUT2D eigenvalue weighted by Crippen LogP contribution is 2.33. The predicted molar refractivity (Wildman–Crippen MR) is 67.1 cm³/mol. The zero-order valence-electron chi connectivity index (χ0n) is 10.9. The molecule has 4 nitrogen and oxygen atoms in total. The number of amides is 1. The molecule has 2 aliphatic rings. The van der Waals surface area contributed by atoms with E-state index in [4.69, 9.17) is 9.73 Å². The summed E-state index contributed by atoms with van der Waals surface area (Å²) in [4.78, 5) is 18.8. The molecule has 2 rings (SSSR count). The summed E-state index contributed by atoms with van der Waals surface area (Å²) in [7, 11) is 1.86. The average Bonchev–Trinajstić information content (AvgIpc) is 2.57. The van der Waals surface area contributed by atoms with E-state index in [0.717, 1.165) is 31.5 Å². The number of hydrogen-bond donors (Lipinski definition) is 0. The molecule has 96 valence electrons. The lowest BCUT2D eigenvalue weighted by Crippen LogP contribution is -2.44. The number of nitrogens with zero attached hydrogens (tertiary/aromatic N) is 2. The fourth-order valence-electron chi connectivity index (χ4n) is 2.59. The van der Waals surface area contributed by atoms with E-state index < -0.39 is 5.54 Å². The van der Waals surface area contributed by atoms with E-state index in [1.165, 1.54) is 12.8 Å². The number of carbonyl (C=O) groups is 1. The summed E-state index contributed by atoms with van der Waals surface area (Å²) in [6.07, 6.45) is 5.94. The molecule has 1 spiro atoms. The fraction of sp³-hybridized carbons (Fsp3) is 0.846. The predicted octanol–water partition coefficient (Wildman–Crippen LogP) is 1.99. The van der Waals surface area contributed by atoms with Crippen LogP contribution in [0.15, 0.2) is 4.99 Å². The molecule has 0 N–H and O–H groups in total. The second-order valence-electron chi connectivity index (χ2n) is 4.99. The molecule has 0 saturated carbocycles. The lowest BCUT2D eigenvalue weighted by Gasteiger charge is -2.28.